The van der Waals surface area contributed by atoms with Crippen LogP contribution >= 0.6 is 0 Å². The van der Waals surface area contributed by atoms with Crippen LogP contribution < -0.4 is 4.90 Å². The van der Waals surface area contributed by atoms with E-state index in [1.807, 2.05) is 6.20 Å². The van der Waals surface area contributed by atoms with Crippen molar-refractivity contribution in [2.45, 2.75) is 32.2 Å². The molecule has 1 saturated heterocycles. The van der Waals surface area contributed by atoms with Gasteiger partial charge in [0.25, 0.3) is 0 Å². The minimum Gasteiger partial charge on any atom is -0.356 e. The number of benzene rings is 1. The van der Waals surface area contributed by atoms with Crippen molar-refractivity contribution in [2.75, 3.05) is 38.6 Å². The number of para-hydroxylation sites is 1. The van der Waals surface area contributed by atoms with Gasteiger partial charge in [0.1, 0.15) is 11.6 Å². The highest BCUT2D eigenvalue weighted by molar-refractivity contribution is 5.83. The molecule has 1 aliphatic rings. The Morgan fingerprint density at radius 1 is 1.22 bits per heavy atom. The maximum absolute atomic E-state index is 4.95. The van der Waals surface area contributed by atoms with E-state index in [4.69, 9.17) is 9.97 Å². The maximum atomic E-state index is 4.95. The van der Waals surface area contributed by atoms with Crippen molar-refractivity contribution < 1.29 is 0 Å². The van der Waals surface area contributed by atoms with E-state index in [0.717, 1.165) is 37.5 Å². The van der Waals surface area contributed by atoms with Crippen LogP contribution in [0.15, 0.2) is 42.7 Å². The van der Waals surface area contributed by atoms with Gasteiger partial charge < -0.3 is 14.4 Å². The summed E-state index contributed by atoms with van der Waals surface area (Å²) in [6.07, 6.45) is 6.44. The van der Waals surface area contributed by atoms with Crippen molar-refractivity contribution in [3.05, 3.63) is 54.1 Å². The molecule has 27 heavy (non-hydrogen) atoms. The number of rotatable bonds is 5. The van der Waals surface area contributed by atoms with Crippen LogP contribution in [-0.4, -0.2) is 53.2 Å². The lowest BCUT2D eigenvalue weighted by atomic mass is 9.97. The van der Waals surface area contributed by atoms with Crippen LogP contribution in [0.25, 0.3) is 10.9 Å². The molecule has 3 aromatic rings. The number of fused-ring (bicyclic) bond motifs is 1. The zero-order valence-corrected chi connectivity index (χ0v) is 16.6. The third-order valence-corrected chi connectivity index (χ3v) is 5.56. The standard InChI is InChI=1S/C22H29N5/c1-17-15-21(24-20-9-5-4-8-19(17)20)27-11-6-7-18(16-27)22-23-10-12-26(22)14-13-25(2)3/h4-5,8-10,12,15,18H,6-7,11,13-14,16H2,1-3H3/t18-/m0/s1. The Kier molecular flexibility index (Phi) is 5.12. The van der Waals surface area contributed by atoms with Crippen LogP contribution in [0.4, 0.5) is 5.82 Å². The third-order valence-electron chi connectivity index (χ3n) is 5.56. The number of anilines is 1. The van der Waals surface area contributed by atoms with E-state index in [0.29, 0.717) is 5.92 Å². The summed E-state index contributed by atoms with van der Waals surface area (Å²) in [6.45, 7) is 6.27. The zero-order valence-electron chi connectivity index (χ0n) is 16.6. The molecule has 3 heterocycles. The molecule has 5 heteroatoms. The molecule has 142 valence electrons. The van der Waals surface area contributed by atoms with Gasteiger partial charge in [-0.2, -0.15) is 0 Å². The first-order valence-electron chi connectivity index (χ1n) is 9.89. The summed E-state index contributed by atoms with van der Waals surface area (Å²) >= 11 is 0. The quantitative estimate of drug-likeness (QED) is 0.693. The van der Waals surface area contributed by atoms with Gasteiger partial charge in [-0.3, -0.25) is 0 Å². The third kappa shape index (κ3) is 3.83. The Bertz CT molecular complexity index is 914. The number of likely N-dealkylation sites (N-methyl/N-ethyl adjacent to an activating group) is 1. The van der Waals surface area contributed by atoms with Crippen LogP contribution in [-0.2, 0) is 6.54 Å². The minimum absolute atomic E-state index is 0.462. The molecule has 0 bridgehead atoms. The van der Waals surface area contributed by atoms with Crippen molar-refractivity contribution >= 4 is 16.7 Å². The zero-order chi connectivity index (χ0) is 18.8. The van der Waals surface area contributed by atoms with Crippen LogP contribution in [0.5, 0.6) is 0 Å². The highest BCUT2D eigenvalue weighted by Gasteiger charge is 2.25. The molecule has 0 amide bonds. The van der Waals surface area contributed by atoms with E-state index in [1.54, 1.807) is 0 Å². The Labute approximate surface area is 161 Å². The van der Waals surface area contributed by atoms with Gasteiger partial charge in [0.15, 0.2) is 0 Å². The first-order chi connectivity index (χ1) is 13.1. The van der Waals surface area contributed by atoms with Crippen molar-refractivity contribution in [3.8, 4) is 0 Å². The second-order valence-corrected chi connectivity index (χ2v) is 7.88. The van der Waals surface area contributed by atoms with Crippen LogP contribution in [0.2, 0.25) is 0 Å². The molecule has 1 fully saturated rings. The largest absolute Gasteiger partial charge is 0.356 e. The molecular weight excluding hydrogens is 334 g/mol. The molecule has 0 spiro atoms. The Morgan fingerprint density at radius 2 is 2.07 bits per heavy atom. The number of piperidine rings is 1. The molecule has 0 N–H and O–H groups in total. The normalized spacial score (nSPS) is 17.8. The van der Waals surface area contributed by atoms with Crippen LogP contribution in [0, 0.1) is 6.92 Å². The van der Waals surface area contributed by atoms with Crippen molar-refractivity contribution in [1.82, 2.24) is 19.4 Å². The summed E-state index contributed by atoms with van der Waals surface area (Å²) in [6, 6.07) is 10.7. The molecule has 1 aromatic carbocycles. The first-order valence-corrected chi connectivity index (χ1v) is 9.89. The van der Waals surface area contributed by atoms with Gasteiger partial charge >= 0.3 is 0 Å². The van der Waals surface area contributed by atoms with Gasteiger partial charge in [0.05, 0.1) is 5.52 Å². The number of hydrogen-bond acceptors (Lipinski definition) is 4. The predicted molar refractivity (Wildman–Crippen MR) is 111 cm³/mol. The van der Waals surface area contributed by atoms with E-state index >= 15 is 0 Å². The van der Waals surface area contributed by atoms with Crippen molar-refractivity contribution in [1.29, 1.82) is 0 Å². The summed E-state index contributed by atoms with van der Waals surface area (Å²) in [5, 5.41) is 1.24. The van der Waals surface area contributed by atoms with E-state index in [2.05, 4.69) is 71.9 Å². The molecule has 0 aliphatic carbocycles. The van der Waals surface area contributed by atoms with Gasteiger partial charge in [-0.1, -0.05) is 18.2 Å². The molecular formula is C22H29N5. The second kappa shape index (κ2) is 7.69. The average Bonchev–Trinajstić information content (AvgIpc) is 3.15. The lowest BCUT2D eigenvalue weighted by molar-refractivity contribution is 0.373. The number of aromatic nitrogens is 3. The summed E-state index contributed by atoms with van der Waals surface area (Å²) < 4.78 is 2.33. The molecule has 1 atom stereocenters. The van der Waals surface area contributed by atoms with Crippen LogP contribution in [0.3, 0.4) is 0 Å². The lowest BCUT2D eigenvalue weighted by Crippen LogP contribution is -2.36. The fourth-order valence-corrected chi connectivity index (χ4v) is 4.07. The number of imidazole rings is 1. The molecule has 1 aliphatic heterocycles. The maximum Gasteiger partial charge on any atom is 0.129 e. The molecule has 0 saturated carbocycles. The topological polar surface area (TPSA) is 37.2 Å². The summed E-state index contributed by atoms with van der Waals surface area (Å²) in [4.78, 5) is 14.3. The fraction of sp³-hybridized carbons (Fsp3) is 0.455. The van der Waals surface area contributed by atoms with E-state index in [1.165, 1.54) is 29.6 Å². The average molecular weight is 364 g/mol. The molecule has 5 nitrogen and oxygen atoms in total. The Hall–Kier alpha value is -2.40. The highest BCUT2D eigenvalue weighted by atomic mass is 15.2. The number of nitrogens with zero attached hydrogens (tertiary/aromatic N) is 5. The first kappa shape index (κ1) is 18.0. The van der Waals surface area contributed by atoms with E-state index in [9.17, 15) is 0 Å². The fourth-order valence-electron chi connectivity index (χ4n) is 4.07. The lowest BCUT2D eigenvalue weighted by Gasteiger charge is -2.34. The molecule has 0 radical (unpaired) electrons. The molecule has 0 unspecified atom stereocenters. The number of hydrogen-bond donors (Lipinski definition) is 0. The van der Waals surface area contributed by atoms with Gasteiger partial charge in [-0.15, -0.1) is 0 Å². The summed E-state index contributed by atoms with van der Waals surface area (Å²) in [7, 11) is 4.24. The van der Waals surface area contributed by atoms with E-state index < -0.39 is 0 Å². The smallest absolute Gasteiger partial charge is 0.129 e. The molecule has 4 rings (SSSR count). The molecule has 2 aromatic heterocycles. The van der Waals surface area contributed by atoms with Gasteiger partial charge in [0.2, 0.25) is 0 Å². The van der Waals surface area contributed by atoms with Gasteiger partial charge in [-0.25, -0.2) is 9.97 Å². The predicted octanol–water partition coefficient (Wildman–Crippen LogP) is 3.69. The van der Waals surface area contributed by atoms with Gasteiger partial charge in [-0.05, 0) is 51.6 Å². The Balaban J connectivity index is 1.56. The second-order valence-electron chi connectivity index (χ2n) is 7.88. The monoisotopic (exact) mass is 363 g/mol. The van der Waals surface area contributed by atoms with E-state index in [-0.39, 0.29) is 0 Å². The highest BCUT2D eigenvalue weighted by Crippen LogP contribution is 2.30. The number of pyridine rings is 1. The minimum atomic E-state index is 0.462. The Morgan fingerprint density at radius 3 is 2.93 bits per heavy atom. The van der Waals surface area contributed by atoms with Gasteiger partial charge in [0, 0.05) is 49.9 Å². The van der Waals surface area contributed by atoms with Crippen molar-refractivity contribution in [3.63, 3.8) is 0 Å². The SMILES string of the molecule is Cc1cc(N2CCC[C@H](c3nccn3CCN(C)C)C2)nc2ccccc12. The van der Waals surface area contributed by atoms with Crippen molar-refractivity contribution in [2.24, 2.45) is 0 Å². The number of aryl methyl sites for hydroxylation is 1. The van der Waals surface area contributed by atoms with Crippen LogP contribution in [0.1, 0.15) is 30.1 Å². The summed E-state index contributed by atoms with van der Waals surface area (Å²) in [5.41, 5.74) is 2.38. The summed E-state index contributed by atoms with van der Waals surface area (Å²) in [5.74, 6) is 2.78.